The number of piperazine rings is 1. The van der Waals surface area contributed by atoms with Gasteiger partial charge in [0, 0.05) is 50.6 Å². The van der Waals surface area contributed by atoms with Gasteiger partial charge < -0.3 is 5.32 Å². The predicted octanol–water partition coefficient (Wildman–Crippen LogP) is 3.64. The quantitative estimate of drug-likeness (QED) is 0.813. The number of hydrogen-bond acceptors (Lipinski definition) is 4. The number of nitrogens with zero attached hydrogens (tertiary/aromatic N) is 3. The number of hydrogen-bond donors (Lipinski definition) is 1. The van der Waals surface area contributed by atoms with Gasteiger partial charge in [-0.25, -0.2) is 0 Å². The lowest BCUT2D eigenvalue weighted by molar-refractivity contribution is 0.0874. The Hall–Kier alpha value is -2.24. The molecule has 0 aliphatic carbocycles. The van der Waals surface area contributed by atoms with Gasteiger partial charge >= 0.3 is 0 Å². The van der Waals surface area contributed by atoms with Crippen LogP contribution < -0.4 is 5.32 Å². The Balaban J connectivity index is 1.50. The molecule has 1 saturated heterocycles. The number of carbonyl (C=O) groups excluding carboxylic acids is 1. The van der Waals surface area contributed by atoms with Gasteiger partial charge in [-0.3, -0.25) is 19.6 Å². The van der Waals surface area contributed by atoms with E-state index in [0.29, 0.717) is 11.6 Å². The normalized spacial score (nSPS) is 15.8. The molecule has 0 spiro atoms. The Morgan fingerprint density at radius 1 is 1.04 bits per heavy atom. The van der Waals surface area contributed by atoms with Crippen LogP contribution in [0.4, 0.5) is 5.69 Å². The molecule has 27 heavy (non-hydrogen) atoms. The molecule has 5 heteroatoms. The summed E-state index contributed by atoms with van der Waals surface area (Å²) in [6, 6.07) is 14.0. The van der Waals surface area contributed by atoms with Gasteiger partial charge in [-0.15, -0.1) is 0 Å². The zero-order chi connectivity index (χ0) is 19.1. The van der Waals surface area contributed by atoms with E-state index in [4.69, 9.17) is 0 Å². The first-order valence-electron chi connectivity index (χ1n) is 9.97. The van der Waals surface area contributed by atoms with Crippen LogP contribution in [0.1, 0.15) is 42.7 Å². The molecule has 0 unspecified atom stereocenters. The monoisotopic (exact) mass is 366 g/mol. The second-order valence-corrected chi connectivity index (χ2v) is 7.14. The van der Waals surface area contributed by atoms with E-state index in [1.165, 1.54) is 12.8 Å². The van der Waals surface area contributed by atoms with Crippen molar-refractivity contribution in [2.75, 3.05) is 31.5 Å². The van der Waals surface area contributed by atoms with Gasteiger partial charge in [0.15, 0.2) is 0 Å². The first-order chi connectivity index (χ1) is 13.2. The van der Waals surface area contributed by atoms with Crippen molar-refractivity contribution in [1.29, 1.82) is 0 Å². The van der Waals surface area contributed by atoms with Crippen molar-refractivity contribution < 1.29 is 4.79 Å². The van der Waals surface area contributed by atoms with Crippen molar-refractivity contribution in [2.45, 2.75) is 39.3 Å². The number of rotatable bonds is 7. The summed E-state index contributed by atoms with van der Waals surface area (Å²) in [5.74, 6) is -0.126. The molecule has 144 valence electrons. The van der Waals surface area contributed by atoms with E-state index in [1.54, 1.807) is 6.20 Å². The molecule has 1 amide bonds. The van der Waals surface area contributed by atoms with Crippen LogP contribution >= 0.6 is 0 Å². The number of anilines is 1. The van der Waals surface area contributed by atoms with Crippen LogP contribution in [-0.2, 0) is 6.54 Å². The molecule has 2 aromatic rings. The first-order valence-corrected chi connectivity index (χ1v) is 9.97. The number of carbonyl (C=O) groups is 1. The molecular formula is C22H30N4O. The van der Waals surface area contributed by atoms with Gasteiger partial charge in [0.2, 0.25) is 0 Å². The maximum absolute atomic E-state index is 12.3. The zero-order valence-electron chi connectivity index (χ0n) is 16.4. The van der Waals surface area contributed by atoms with E-state index in [9.17, 15) is 4.79 Å². The number of benzene rings is 1. The molecule has 0 bridgehead atoms. The SMILES string of the molecule is CCC(CC)N1CCN(Cc2ccc(C(=O)Nc3ccccc3)cn2)CC1. The Morgan fingerprint density at radius 3 is 2.33 bits per heavy atom. The summed E-state index contributed by atoms with van der Waals surface area (Å²) in [7, 11) is 0. The van der Waals surface area contributed by atoms with Gasteiger partial charge in [0.25, 0.3) is 5.91 Å². The van der Waals surface area contributed by atoms with Crippen LogP contribution in [0, 0.1) is 0 Å². The van der Waals surface area contributed by atoms with Crippen molar-refractivity contribution in [3.63, 3.8) is 0 Å². The fourth-order valence-corrected chi connectivity index (χ4v) is 3.70. The Morgan fingerprint density at radius 2 is 1.74 bits per heavy atom. The highest BCUT2D eigenvalue weighted by atomic mass is 16.1. The zero-order valence-corrected chi connectivity index (χ0v) is 16.4. The summed E-state index contributed by atoms with van der Waals surface area (Å²) in [4.78, 5) is 21.9. The van der Waals surface area contributed by atoms with E-state index >= 15 is 0 Å². The minimum Gasteiger partial charge on any atom is -0.322 e. The third-order valence-electron chi connectivity index (χ3n) is 5.37. The van der Waals surface area contributed by atoms with Crippen molar-refractivity contribution in [1.82, 2.24) is 14.8 Å². The van der Waals surface area contributed by atoms with Crippen molar-refractivity contribution in [3.8, 4) is 0 Å². The molecule has 3 rings (SSSR count). The largest absolute Gasteiger partial charge is 0.322 e. The van der Waals surface area contributed by atoms with Crippen LogP contribution in [0.15, 0.2) is 48.7 Å². The first kappa shape index (κ1) is 19.5. The lowest BCUT2D eigenvalue weighted by Gasteiger charge is -2.38. The minimum absolute atomic E-state index is 0.126. The molecule has 2 heterocycles. The summed E-state index contributed by atoms with van der Waals surface area (Å²) >= 11 is 0. The van der Waals surface area contributed by atoms with Crippen LogP contribution in [0.25, 0.3) is 0 Å². The topological polar surface area (TPSA) is 48.5 Å². The maximum Gasteiger partial charge on any atom is 0.257 e. The highest BCUT2D eigenvalue weighted by molar-refractivity contribution is 6.04. The number of aromatic nitrogens is 1. The summed E-state index contributed by atoms with van der Waals surface area (Å²) < 4.78 is 0. The molecule has 1 aliphatic rings. The van der Waals surface area contributed by atoms with E-state index in [-0.39, 0.29) is 5.91 Å². The molecular weight excluding hydrogens is 336 g/mol. The standard InChI is InChI=1S/C22H30N4O/c1-3-21(4-2)26-14-12-25(13-15-26)17-20-11-10-18(16-23-20)22(27)24-19-8-6-5-7-9-19/h5-11,16,21H,3-4,12-15,17H2,1-2H3,(H,24,27). The molecule has 0 atom stereocenters. The van der Waals surface area contributed by atoms with Crippen molar-refractivity contribution >= 4 is 11.6 Å². The predicted molar refractivity (Wildman–Crippen MR) is 110 cm³/mol. The highest BCUT2D eigenvalue weighted by Gasteiger charge is 2.21. The van der Waals surface area contributed by atoms with E-state index in [1.807, 2.05) is 42.5 Å². The van der Waals surface area contributed by atoms with Crippen LogP contribution in [0.5, 0.6) is 0 Å². The smallest absolute Gasteiger partial charge is 0.257 e. The van der Waals surface area contributed by atoms with Gasteiger partial charge in [-0.1, -0.05) is 32.0 Å². The fourth-order valence-electron chi connectivity index (χ4n) is 3.70. The molecule has 1 N–H and O–H groups in total. The van der Waals surface area contributed by atoms with E-state index in [2.05, 4.69) is 33.9 Å². The van der Waals surface area contributed by atoms with Crippen molar-refractivity contribution in [2.24, 2.45) is 0 Å². The molecule has 5 nitrogen and oxygen atoms in total. The number of nitrogens with one attached hydrogen (secondary N) is 1. The van der Waals surface area contributed by atoms with Gasteiger partial charge in [-0.05, 0) is 37.1 Å². The summed E-state index contributed by atoms with van der Waals surface area (Å²) in [5, 5.41) is 2.89. The summed E-state index contributed by atoms with van der Waals surface area (Å²) in [6.07, 6.45) is 4.13. The van der Waals surface area contributed by atoms with Crippen LogP contribution in [-0.4, -0.2) is 52.9 Å². The second kappa shape index (κ2) is 9.62. The maximum atomic E-state index is 12.3. The van der Waals surface area contributed by atoms with Crippen LogP contribution in [0.3, 0.4) is 0 Å². The van der Waals surface area contributed by atoms with Crippen molar-refractivity contribution in [3.05, 3.63) is 59.9 Å². The minimum atomic E-state index is -0.126. The lowest BCUT2D eigenvalue weighted by atomic mass is 10.1. The van der Waals surface area contributed by atoms with E-state index < -0.39 is 0 Å². The third-order valence-corrected chi connectivity index (χ3v) is 5.37. The second-order valence-electron chi connectivity index (χ2n) is 7.14. The van der Waals surface area contributed by atoms with Gasteiger partial charge in [-0.2, -0.15) is 0 Å². The molecule has 1 aromatic carbocycles. The Kier molecular flexibility index (Phi) is 6.96. The number of pyridine rings is 1. The molecule has 0 saturated carbocycles. The van der Waals surface area contributed by atoms with Crippen LogP contribution in [0.2, 0.25) is 0 Å². The van der Waals surface area contributed by atoms with Gasteiger partial charge in [0.1, 0.15) is 0 Å². The average Bonchev–Trinajstić information content (AvgIpc) is 2.71. The summed E-state index contributed by atoms with van der Waals surface area (Å²) in [6.45, 7) is 9.81. The Labute approximate surface area is 162 Å². The molecule has 1 aromatic heterocycles. The fraction of sp³-hybridized carbons (Fsp3) is 0.455. The third kappa shape index (κ3) is 5.37. The van der Waals surface area contributed by atoms with E-state index in [0.717, 1.165) is 44.1 Å². The highest BCUT2D eigenvalue weighted by Crippen LogP contribution is 2.14. The Bertz CT molecular complexity index is 705. The number of para-hydroxylation sites is 1. The summed E-state index contributed by atoms with van der Waals surface area (Å²) in [5.41, 5.74) is 2.39. The molecule has 0 radical (unpaired) electrons. The lowest BCUT2D eigenvalue weighted by Crippen LogP contribution is -2.49. The average molecular weight is 367 g/mol. The molecule has 1 aliphatic heterocycles. The van der Waals surface area contributed by atoms with Gasteiger partial charge in [0.05, 0.1) is 11.3 Å². The number of amides is 1. The molecule has 1 fully saturated rings.